The van der Waals surface area contributed by atoms with Gasteiger partial charge in [0.1, 0.15) is 0 Å². The van der Waals surface area contributed by atoms with Crippen molar-refractivity contribution in [1.82, 2.24) is 0 Å². The number of fused-ring (bicyclic) bond motifs is 1. The predicted octanol–water partition coefficient (Wildman–Crippen LogP) is 4.81. The highest BCUT2D eigenvalue weighted by molar-refractivity contribution is 9.10. The first-order chi connectivity index (χ1) is 9.65. The van der Waals surface area contributed by atoms with Crippen LogP contribution < -0.4 is 5.32 Å². The highest BCUT2D eigenvalue weighted by atomic mass is 79.9. The molecule has 2 aromatic rings. The zero-order chi connectivity index (χ0) is 14.6. The van der Waals surface area contributed by atoms with Crippen LogP contribution >= 0.6 is 15.9 Å². The molecule has 0 aliphatic rings. The summed E-state index contributed by atoms with van der Waals surface area (Å²) in [5.41, 5.74) is 1.09. The highest BCUT2D eigenvalue weighted by Crippen LogP contribution is 2.32. The van der Waals surface area contributed by atoms with Crippen LogP contribution in [0.15, 0.2) is 40.9 Å². The first-order valence-electron chi connectivity index (χ1n) is 7.18. The van der Waals surface area contributed by atoms with Crippen LogP contribution in [0.25, 0.3) is 10.8 Å². The van der Waals surface area contributed by atoms with Gasteiger partial charge in [-0.15, -0.1) is 0 Å². The fourth-order valence-electron chi connectivity index (χ4n) is 2.48. The van der Waals surface area contributed by atoms with E-state index in [-0.39, 0.29) is 12.0 Å². The minimum absolute atomic E-state index is 0.0336. The monoisotopic (exact) mass is 335 g/mol. The molecular weight excluding hydrogens is 314 g/mol. The third-order valence-corrected chi connectivity index (χ3v) is 5.05. The van der Waals surface area contributed by atoms with E-state index in [1.54, 1.807) is 0 Å². The minimum atomic E-state index is -0.0336. The van der Waals surface area contributed by atoms with Gasteiger partial charge in [-0.3, -0.25) is 0 Å². The van der Waals surface area contributed by atoms with Crippen molar-refractivity contribution in [2.75, 3.05) is 18.5 Å². The smallest absolute Gasteiger partial charge is 0.0504 e. The highest BCUT2D eigenvalue weighted by Gasteiger charge is 2.25. The number of nitrogens with one attached hydrogen (secondary N) is 1. The number of halogens is 1. The van der Waals surface area contributed by atoms with Crippen molar-refractivity contribution in [3.05, 3.63) is 40.9 Å². The Kier molecular flexibility index (Phi) is 5.06. The summed E-state index contributed by atoms with van der Waals surface area (Å²) < 4.78 is 1.11. The topological polar surface area (TPSA) is 32.3 Å². The van der Waals surface area contributed by atoms with E-state index < -0.39 is 0 Å². The van der Waals surface area contributed by atoms with Crippen LogP contribution in [0.2, 0.25) is 0 Å². The third kappa shape index (κ3) is 2.99. The molecule has 0 aliphatic carbocycles. The van der Waals surface area contributed by atoms with E-state index in [4.69, 9.17) is 0 Å². The van der Waals surface area contributed by atoms with Crippen LogP contribution in [0.5, 0.6) is 0 Å². The van der Waals surface area contributed by atoms with Crippen LogP contribution in [-0.2, 0) is 0 Å². The number of aliphatic hydroxyl groups excluding tert-OH is 1. The van der Waals surface area contributed by atoms with Gasteiger partial charge >= 0.3 is 0 Å². The molecule has 0 radical (unpaired) electrons. The molecule has 0 aromatic heterocycles. The molecule has 0 unspecified atom stereocenters. The normalized spacial score (nSPS) is 11.8. The summed E-state index contributed by atoms with van der Waals surface area (Å²) >= 11 is 3.59. The first-order valence-corrected chi connectivity index (χ1v) is 7.97. The molecule has 2 nitrogen and oxygen atoms in total. The molecule has 2 N–H and O–H groups in total. The summed E-state index contributed by atoms with van der Waals surface area (Å²) in [6.07, 6.45) is 1.95. The summed E-state index contributed by atoms with van der Waals surface area (Å²) in [6, 6.07) is 12.5. The molecule has 0 atom stereocenters. The Morgan fingerprint density at radius 3 is 2.30 bits per heavy atom. The zero-order valence-electron chi connectivity index (χ0n) is 12.1. The average molecular weight is 336 g/mol. The van der Waals surface area contributed by atoms with E-state index in [0.717, 1.165) is 29.5 Å². The fraction of sp³-hybridized carbons (Fsp3) is 0.412. The van der Waals surface area contributed by atoms with Crippen LogP contribution in [0.1, 0.15) is 26.7 Å². The van der Waals surface area contributed by atoms with Crippen LogP contribution in [0, 0.1) is 5.41 Å². The van der Waals surface area contributed by atoms with Crippen molar-refractivity contribution in [3.63, 3.8) is 0 Å². The molecule has 20 heavy (non-hydrogen) atoms. The Morgan fingerprint density at radius 2 is 1.70 bits per heavy atom. The fourth-order valence-corrected chi connectivity index (χ4v) is 2.96. The van der Waals surface area contributed by atoms with E-state index in [1.165, 1.54) is 10.8 Å². The lowest BCUT2D eigenvalue weighted by Gasteiger charge is -2.30. The molecule has 0 amide bonds. The van der Waals surface area contributed by atoms with Crippen LogP contribution in [0.3, 0.4) is 0 Å². The molecule has 0 spiro atoms. The van der Waals surface area contributed by atoms with Gasteiger partial charge in [0.05, 0.1) is 6.61 Å². The maximum atomic E-state index is 9.66. The Labute approximate surface area is 129 Å². The molecule has 0 bridgehead atoms. The second-order valence-corrected chi connectivity index (χ2v) is 6.21. The van der Waals surface area contributed by atoms with Gasteiger partial charge in [-0.25, -0.2) is 0 Å². The second-order valence-electron chi connectivity index (χ2n) is 5.36. The number of rotatable bonds is 6. The molecule has 0 saturated carbocycles. The van der Waals surface area contributed by atoms with E-state index in [2.05, 4.69) is 65.4 Å². The summed E-state index contributed by atoms with van der Waals surface area (Å²) in [5, 5.41) is 15.6. The first kappa shape index (κ1) is 15.3. The molecule has 2 rings (SSSR count). The summed E-state index contributed by atoms with van der Waals surface area (Å²) in [7, 11) is 0. The standard InChI is InChI=1S/C17H22BrNO/c1-3-17(4-2,12-20)11-19-16-10-9-15(18)13-7-5-6-8-14(13)16/h5-10,19-20H,3-4,11-12H2,1-2H3. The molecule has 2 aromatic carbocycles. The maximum absolute atomic E-state index is 9.66. The molecule has 3 heteroatoms. The molecule has 0 fully saturated rings. The van der Waals surface area contributed by atoms with Crippen LogP contribution in [-0.4, -0.2) is 18.3 Å². The SMILES string of the molecule is CCC(CC)(CO)CNc1ccc(Br)c2ccccc12. The van der Waals surface area contributed by atoms with Crippen LogP contribution in [0.4, 0.5) is 5.69 Å². The Bertz CT molecular complexity index is 570. The van der Waals surface area contributed by atoms with Gasteiger partial charge in [0.2, 0.25) is 0 Å². The van der Waals surface area contributed by atoms with Gasteiger partial charge in [0.15, 0.2) is 0 Å². The Morgan fingerprint density at radius 1 is 1.05 bits per heavy atom. The van der Waals surface area contributed by atoms with Gasteiger partial charge in [-0.1, -0.05) is 54.0 Å². The summed E-state index contributed by atoms with van der Waals surface area (Å²) in [6.45, 7) is 5.30. The van der Waals surface area contributed by atoms with Gasteiger partial charge in [-0.2, -0.15) is 0 Å². The second kappa shape index (κ2) is 6.59. The average Bonchev–Trinajstić information content (AvgIpc) is 2.51. The van der Waals surface area contributed by atoms with E-state index in [0.29, 0.717) is 0 Å². The number of aliphatic hydroxyl groups is 1. The third-order valence-electron chi connectivity index (χ3n) is 4.36. The van der Waals surface area contributed by atoms with Crippen molar-refractivity contribution >= 4 is 32.4 Å². The number of hydrogen-bond donors (Lipinski definition) is 2. The number of benzene rings is 2. The zero-order valence-corrected chi connectivity index (χ0v) is 13.7. The molecule has 108 valence electrons. The number of hydrogen-bond acceptors (Lipinski definition) is 2. The Hall–Kier alpha value is -1.06. The molecule has 0 saturated heterocycles. The van der Waals surface area contributed by atoms with Crippen molar-refractivity contribution < 1.29 is 5.11 Å². The maximum Gasteiger partial charge on any atom is 0.0504 e. The van der Waals surface area contributed by atoms with Crippen molar-refractivity contribution in [2.45, 2.75) is 26.7 Å². The number of anilines is 1. The van der Waals surface area contributed by atoms with Crippen molar-refractivity contribution in [1.29, 1.82) is 0 Å². The predicted molar refractivity (Wildman–Crippen MR) is 90.2 cm³/mol. The minimum Gasteiger partial charge on any atom is -0.396 e. The summed E-state index contributed by atoms with van der Waals surface area (Å²) in [5.74, 6) is 0. The molecule has 0 aliphatic heterocycles. The summed E-state index contributed by atoms with van der Waals surface area (Å²) in [4.78, 5) is 0. The lowest BCUT2D eigenvalue weighted by molar-refractivity contribution is 0.127. The van der Waals surface area contributed by atoms with Gasteiger partial charge in [0, 0.05) is 27.5 Å². The van der Waals surface area contributed by atoms with E-state index in [1.807, 2.05) is 6.07 Å². The lowest BCUT2D eigenvalue weighted by atomic mass is 9.83. The van der Waals surface area contributed by atoms with E-state index >= 15 is 0 Å². The Balaban J connectivity index is 2.29. The van der Waals surface area contributed by atoms with E-state index in [9.17, 15) is 5.11 Å². The largest absolute Gasteiger partial charge is 0.396 e. The van der Waals surface area contributed by atoms with Gasteiger partial charge in [0.25, 0.3) is 0 Å². The van der Waals surface area contributed by atoms with Gasteiger partial charge < -0.3 is 10.4 Å². The molecular formula is C17H22BrNO. The lowest BCUT2D eigenvalue weighted by Crippen LogP contribution is -2.32. The van der Waals surface area contributed by atoms with Crippen molar-refractivity contribution in [2.24, 2.45) is 5.41 Å². The van der Waals surface area contributed by atoms with Gasteiger partial charge in [-0.05, 0) is 30.4 Å². The molecule has 0 heterocycles. The van der Waals surface area contributed by atoms with Crippen molar-refractivity contribution in [3.8, 4) is 0 Å². The quantitative estimate of drug-likeness (QED) is 0.793.